The highest BCUT2D eigenvalue weighted by Crippen LogP contribution is 2.22. The third kappa shape index (κ3) is 4.99. The number of benzene rings is 1. The molecule has 90 valence electrons. The zero-order valence-electron chi connectivity index (χ0n) is 10.2. The van der Waals surface area contributed by atoms with E-state index in [4.69, 9.17) is 4.74 Å². The number of hydrogen-bond donors (Lipinski definition) is 1. The minimum Gasteiger partial charge on any atom is -0.382 e. The van der Waals surface area contributed by atoms with Crippen molar-refractivity contribution in [2.45, 2.75) is 20.8 Å². The second kappa shape index (κ2) is 6.92. The van der Waals surface area contributed by atoms with Gasteiger partial charge < -0.3 is 10.1 Å². The maximum absolute atomic E-state index is 5.51. The average molecular weight is 286 g/mol. The van der Waals surface area contributed by atoms with Crippen molar-refractivity contribution in [2.75, 3.05) is 25.1 Å². The number of rotatable bonds is 6. The average Bonchev–Trinajstić information content (AvgIpc) is 2.22. The molecule has 0 atom stereocenters. The number of ether oxygens (including phenoxy) is 1. The van der Waals surface area contributed by atoms with Gasteiger partial charge in [-0.15, -0.1) is 0 Å². The molecular weight excluding hydrogens is 266 g/mol. The van der Waals surface area contributed by atoms with Crippen LogP contribution in [0.15, 0.2) is 22.7 Å². The molecule has 1 N–H and O–H groups in total. The van der Waals surface area contributed by atoms with E-state index < -0.39 is 0 Å². The van der Waals surface area contributed by atoms with Gasteiger partial charge >= 0.3 is 0 Å². The van der Waals surface area contributed by atoms with Crippen molar-refractivity contribution in [1.82, 2.24) is 0 Å². The Hall–Kier alpha value is -0.540. The summed E-state index contributed by atoms with van der Waals surface area (Å²) in [7, 11) is 0. The van der Waals surface area contributed by atoms with Gasteiger partial charge in [0.1, 0.15) is 0 Å². The Balaban J connectivity index is 2.29. The molecule has 1 rings (SSSR count). The molecule has 0 fully saturated rings. The molecule has 0 aliphatic carbocycles. The van der Waals surface area contributed by atoms with Gasteiger partial charge in [-0.3, -0.25) is 0 Å². The molecule has 0 heterocycles. The van der Waals surface area contributed by atoms with Crippen LogP contribution in [0.5, 0.6) is 0 Å². The Bertz CT molecular complexity index is 326. The molecule has 0 aliphatic heterocycles. The molecule has 3 heteroatoms. The minimum absolute atomic E-state index is 0.603. The minimum atomic E-state index is 0.603. The molecule has 0 amide bonds. The lowest BCUT2D eigenvalue weighted by atomic mass is 10.2. The lowest BCUT2D eigenvalue weighted by Gasteiger charge is -2.10. The van der Waals surface area contributed by atoms with E-state index in [1.165, 1.54) is 5.56 Å². The molecule has 0 spiro atoms. The van der Waals surface area contributed by atoms with Crippen LogP contribution in [0.4, 0.5) is 5.69 Å². The van der Waals surface area contributed by atoms with Crippen molar-refractivity contribution >= 4 is 21.6 Å². The summed E-state index contributed by atoms with van der Waals surface area (Å²) in [5.41, 5.74) is 2.39. The molecule has 0 saturated carbocycles. The number of hydrogen-bond acceptors (Lipinski definition) is 2. The molecule has 16 heavy (non-hydrogen) atoms. The Morgan fingerprint density at radius 3 is 2.81 bits per heavy atom. The summed E-state index contributed by atoms with van der Waals surface area (Å²) in [6, 6.07) is 6.28. The van der Waals surface area contributed by atoms with Gasteiger partial charge in [0, 0.05) is 23.3 Å². The number of aryl methyl sites for hydroxylation is 1. The van der Waals surface area contributed by atoms with E-state index in [0.717, 1.165) is 29.9 Å². The van der Waals surface area contributed by atoms with Crippen molar-refractivity contribution in [3.05, 3.63) is 28.2 Å². The first-order valence-corrected chi connectivity index (χ1v) is 6.46. The van der Waals surface area contributed by atoms with E-state index in [-0.39, 0.29) is 0 Å². The van der Waals surface area contributed by atoms with Crippen LogP contribution in [0.3, 0.4) is 0 Å². The van der Waals surface area contributed by atoms with Crippen LogP contribution in [0.25, 0.3) is 0 Å². The molecule has 0 aromatic heterocycles. The Morgan fingerprint density at radius 1 is 1.38 bits per heavy atom. The monoisotopic (exact) mass is 285 g/mol. The van der Waals surface area contributed by atoms with Crippen molar-refractivity contribution in [3.63, 3.8) is 0 Å². The standard InChI is InChI=1S/C13H20BrNO/c1-10(2)9-16-7-6-15-13-8-11(3)4-5-12(13)14/h4-5,8,10,15H,6-7,9H2,1-3H3. The fourth-order valence-electron chi connectivity index (χ4n) is 1.35. The van der Waals surface area contributed by atoms with Crippen molar-refractivity contribution in [2.24, 2.45) is 5.92 Å². The smallest absolute Gasteiger partial charge is 0.0639 e. The predicted octanol–water partition coefficient (Wildman–Crippen LogP) is 3.84. The maximum Gasteiger partial charge on any atom is 0.0639 e. The summed E-state index contributed by atoms with van der Waals surface area (Å²) in [5, 5.41) is 3.36. The Labute approximate surface area is 107 Å². The summed E-state index contributed by atoms with van der Waals surface area (Å²) in [5.74, 6) is 0.603. The lowest BCUT2D eigenvalue weighted by molar-refractivity contribution is 0.118. The van der Waals surface area contributed by atoms with Gasteiger partial charge in [0.2, 0.25) is 0 Å². The summed E-state index contributed by atoms with van der Waals surface area (Å²) < 4.78 is 6.61. The van der Waals surface area contributed by atoms with Crippen LogP contribution in [-0.2, 0) is 4.74 Å². The first-order valence-electron chi connectivity index (χ1n) is 5.67. The fourth-order valence-corrected chi connectivity index (χ4v) is 1.74. The molecule has 0 unspecified atom stereocenters. The fraction of sp³-hybridized carbons (Fsp3) is 0.538. The summed E-state index contributed by atoms with van der Waals surface area (Å²) >= 11 is 3.52. The lowest BCUT2D eigenvalue weighted by Crippen LogP contribution is -2.12. The Kier molecular flexibility index (Phi) is 5.85. The zero-order chi connectivity index (χ0) is 12.0. The third-order valence-corrected chi connectivity index (χ3v) is 2.83. The van der Waals surface area contributed by atoms with E-state index >= 15 is 0 Å². The van der Waals surface area contributed by atoms with Crippen molar-refractivity contribution in [3.8, 4) is 0 Å². The van der Waals surface area contributed by atoms with Crippen LogP contribution in [-0.4, -0.2) is 19.8 Å². The molecular formula is C13H20BrNO. The molecule has 1 aromatic carbocycles. The van der Waals surface area contributed by atoms with Gasteiger partial charge in [0.25, 0.3) is 0 Å². The topological polar surface area (TPSA) is 21.3 Å². The van der Waals surface area contributed by atoms with Crippen LogP contribution in [0, 0.1) is 12.8 Å². The summed E-state index contributed by atoms with van der Waals surface area (Å²) in [6.45, 7) is 8.83. The Morgan fingerprint density at radius 2 is 2.12 bits per heavy atom. The highest BCUT2D eigenvalue weighted by atomic mass is 79.9. The van der Waals surface area contributed by atoms with Gasteiger partial charge in [0.15, 0.2) is 0 Å². The van der Waals surface area contributed by atoms with Crippen LogP contribution >= 0.6 is 15.9 Å². The van der Waals surface area contributed by atoms with E-state index in [2.05, 4.69) is 60.2 Å². The number of halogens is 1. The molecule has 2 nitrogen and oxygen atoms in total. The van der Waals surface area contributed by atoms with Gasteiger partial charge in [-0.2, -0.15) is 0 Å². The first kappa shape index (κ1) is 13.5. The zero-order valence-corrected chi connectivity index (χ0v) is 11.8. The van der Waals surface area contributed by atoms with Gasteiger partial charge in [-0.05, 0) is 46.5 Å². The van der Waals surface area contributed by atoms with Crippen LogP contribution < -0.4 is 5.32 Å². The van der Waals surface area contributed by atoms with Crippen molar-refractivity contribution in [1.29, 1.82) is 0 Å². The van der Waals surface area contributed by atoms with E-state index in [0.29, 0.717) is 5.92 Å². The third-order valence-electron chi connectivity index (χ3n) is 2.13. The highest BCUT2D eigenvalue weighted by Gasteiger charge is 1.99. The largest absolute Gasteiger partial charge is 0.382 e. The number of nitrogens with one attached hydrogen (secondary N) is 1. The van der Waals surface area contributed by atoms with Crippen LogP contribution in [0.1, 0.15) is 19.4 Å². The summed E-state index contributed by atoms with van der Waals surface area (Å²) in [6.07, 6.45) is 0. The molecule has 1 aromatic rings. The predicted molar refractivity (Wildman–Crippen MR) is 73.0 cm³/mol. The van der Waals surface area contributed by atoms with E-state index in [1.54, 1.807) is 0 Å². The van der Waals surface area contributed by atoms with E-state index in [9.17, 15) is 0 Å². The molecule has 0 bridgehead atoms. The number of anilines is 1. The van der Waals surface area contributed by atoms with Gasteiger partial charge in [0.05, 0.1) is 6.61 Å². The molecule has 0 saturated heterocycles. The highest BCUT2D eigenvalue weighted by molar-refractivity contribution is 9.10. The first-order chi connectivity index (χ1) is 7.59. The van der Waals surface area contributed by atoms with E-state index in [1.807, 2.05) is 0 Å². The quantitative estimate of drug-likeness (QED) is 0.802. The van der Waals surface area contributed by atoms with Gasteiger partial charge in [-0.1, -0.05) is 19.9 Å². The maximum atomic E-state index is 5.51. The normalized spacial score (nSPS) is 10.8. The van der Waals surface area contributed by atoms with Crippen molar-refractivity contribution < 1.29 is 4.74 Å². The summed E-state index contributed by atoms with van der Waals surface area (Å²) in [4.78, 5) is 0. The van der Waals surface area contributed by atoms with Crippen LogP contribution in [0.2, 0.25) is 0 Å². The SMILES string of the molecule is Cc1ccc(Br)c(NCCOCC(C)C)c1. The second-order valence-corrected chi connectivity index (χ2v) is 5.23. The molecule has 0 aliphatic rings. The van der Waals surface area contributed by atoms with Gasteiger partial charge in [-0.25, -0.2) is 0 Å². The molecule has 0 radical (unpaired) electrons. The second-order valence-electron chi connectivity index (χ2n) is 4.38.